The lowest BCUT2D eigenvalue weighted by Gasteiger charge is -2.11. The molecule has 4 aromatic rings. The Kier molecular flexibility index (Phi) is 6.72. The summed E-state index contributed by atoms with van der Waals surface area (Å²) in [6.45, 7) is 0. The fourth-order valence-corrected chi connectivity index (χ4v) is 2.98. The van der Waals surface area contributed by atoms with Gasteiger partial charge in [-0.15, -0.1) is 0 Å². The molecule has 0 unspecified atom stereocenters. The molecule has 35 heavy (non-hydrogen) atoms. The maximum Gasteiger partial charge on any atom is 0.491 e. The summed E-state index contributed by atoms with van der Waals surface area (Å²) in [6.07, 6.45) is -2.03. The van der Waals surface area contributed by atoms with Crippen molar-refractivity contribution in [1.29, 1.82) is 0 Å². The molecule has 7 nitrogen and oxygen atoms in total. The lowest BCUT2D eigenvalue weighted by molar-refractivity contribution is -0.193. The SMILES string of the molecule is O=C(OC(=O)C(F)(F)F)c1ccc(-c2cccnc2Oc2ccc(Nc3ccccn3)cc2)cc1. The molecule has 10 heteroatoms. The summed E-state index contributed by atoms with van der Waals surface area (Å²) < 4.78 is 46.7. The van der Waals surface area contributed by atoms with Crippen molar-refractivity contribution >= 4 is 23.4 Å². The molecule has 176 valence electrons. The Morgan fingerprint density at radius 3 is 2.17 bits per heavy atom. The van der Waals surface area contributed by atoms with Crippen molar-refractivity contribution in [2.75, 3.05) is 5.32 Å². The third-order valence-electron chi connectivity index (χ3n) is 4.63. The largest absolute Gasteiger partial charge is 0.491 e. The molecule has 2 aromatic heterocycles. The second kappa shape index (κ2) is 10.0. The van der Waals surface area contributed by atoms with Crippen LogP contribution in [0.5, 0.6) is 11.6 Å². The number of pyridine rings is 2. The maximum atomic E-state index is 12.3. The van der Waals surface area contributed by atoms with Crippen LogP contribution >= 0.6 is 0 Å². The molecule has 0 spiro atoms. The molecule has 1 N–H and O–H groups in total. The molecule has 0 saturated carbocycles. The number of esters is 2. The van der Waals surface area contributed by atoms with Gasteiger partial charge in [0.15, 0.2) is 0 Å². The third kappa shape index (κ3) is 5.99. The molecule has 2 aromatic carbocycles. The van der Waals surface area contributed by atoms with Gasteiger partial charge in [0.2, 0.25) is 5.88 Å². The van der Waals surface area contributed by atoms with Gasteiger partial charge in [0.05, 0.1) is 5.56 Å². The van der Waals surface area contributed by atoms with E-state index in [1.54, 1.807) is 36.7 Å². The quantitative estimate of drug-likeness (QED) is 0.271. The van der Waals surface area contributed by atoms with Gasteiger partial charge < -0.3 is 14.8 Å². The van der Waals surface area contributed by atoms with Crippen LogP contribution in [-0.4, -0.2) is 28.1 Å². The van der Waals surface area contributed by atoms with Crippen LogP contribution in [0.2, 0.25) is 0 Å². The number of aromatic nitrogens is 2. The van der Waals surface area contributed by atoms with Crippen molar-refractivity contribution in [1.82, 2.24) is 9.97 Å². The van der Waals surface area contributed by atoms with Crippen molar-refractivity contribution in [3.05, 3.63) is 96.8 Å². The monoisotopic (exact) mass is 479 g/mol. The molecule has 0 bridgehead atoms. The minimum Gasteiger partial charge on any atom is -0.438 e. The summed E-state index contributed by atoms with van der Waals surface area (Å²) >= 11 is 0. The highest BCUT2D eigenvalue weighted by Gasteiger charge is 2.42. The van der Waals surface area contributed by atoms with E-state index in [1.807, 2.05) is 30.3 Å². The van der Waals surface area contributed by atoms with E-state index in [0.717, 1.165) is 5.69 Å². The zero-order valence-corrected chi connectivity index (χ0v) is 17.8. The molecule has 0 radical (unpaired) electrons. The maximum absolute atomic E-state index is 12.3. The van der Waals surface area contributed by atoms with Crippen LogP contribution in [0.25, 0.3) is 11.1 Å². The van der Waals surface area contributed by atoms with Gasteiger partial charge >= 0.3 is 18.1 Å². The number of rotatable bonds is 6. The molecular weight excluding hydrogens is 463 g/mol. The van der Waals surface area contributed by atoms with Crippen LogP contribution in [0.15, 0.2) is 91.3 Å². The number of anilines is 2. The van der Waals surface area contributed by atoms with Gasteiger partial charge in [0, 0.05) is 23.6 Å². The summed E-state index contributed by atoms with van der Waals surface area (Å²) in [4.78, 5) is 31.1. The van der Waals surface area contributed by atoms with Crippen molar-refractivity contribution < 1.29 is 32.2 Å². The predicted molar refractivity (Wildman–Crippen MR) is 120 cm³/mol. The van der Waals surface area contributed by atoms with Crippen LogP contribution in [0.1, 0.15) is 10.4 Å². The number of hydrogen-bond acceptors (Lipinski definition) is 7. The summed E-state index contributed by atoms with van der Waals surface area (Å²) in [5, 5.41) is 3.16. The number of nitrogens with zero attached hydrogens (tertiary/aromatic N) is 2. The molecule has 2 heterocycles. The number of alkyl halides is 3. The molecule has 0 aliphatic heterocycles. The van der Waals surface area contributed by atoms with E-state index >= 15 is 0 Å². The van der Waals surface area contributed by atoms with Crippen molar-refractivity contribution in [2.45, 2.75) is 6.18 Å². The van der Waals surface area contributed by atoms with E-state index in [2.05, 4.69) is 20.0 Å². The van der Waals surface area contributed by atoms with Crippen LogP contribution in [0.4, 0.5) is 24.7 Å². The molecule has 0 fully saturated rings. The van der Waals surface area contributed by atoms with E-state index < -0.39 is 18.1 Å². The smallest absolute Gasteiger partial charge is 0.438 e. The molecule has 0 amide bonds. The minimum atomic E-state index is -5.26. The Bertz CT molecular complexity index is 1330. The summed E-state index contributed by atoms with van der Waals surface area (Å²) in [5.74, 6) is -2.48. The second-order valence-electron chi connectivity index (χ2n) is 7.07. The first kappa shape index (κ1) is 23.4. The zero-order valence-electron chi connectivity index (χ0n) is 17.8. The fourth-order valence-electron chi connectivity index (χ4n) is 2.98. The van der Waals surface area contributed by atoms with Gasteiger partial charge in [-0.05, 0) is 66.2 Å². The number of halogens is 3. The first-order valence-corrected chi connectivity index (χ1v) is 10.1. The average Bonchev–Trinajstić information content (AvgIpc) is 2.86. The Hall–Kier alpha value is -4.73. The lowest BCUT2D eigenvalue weighted by Crippen LogP contribution is -2.28. The van der Waals surface area contributed by atoms with Crippen molar-refractivity contribution in [3.8, 4) is 22.8 Å². The predicted octanol–water partition coefficient (Wildman–Crippen LogP) is 5.93. The van der Waals surface area contributed by atoms with Crippen LogP contribution in [0.3, 0.4) is 0 Å². The summed E-state index contributed by atoms with van der Waals surface area (Å²) in [5.41, 5.74) is 1.76. The first-order chi connectivity index (χ1) is 16.8. The van der Waals surface area contributed by atoms with Crippen molar-refractivity contribution in [3.63, 3.8) is 0 Å². The Labute approximate surface area is 197 Å². The number of carbonyl (C=O) groups is 2. The van der Waals surface area contributed by atoms with Gasteiger partial charge in [0.1, 0.15) is 11.6 Å². The van der Waals surface area contributed by atoms with Gasteiger partial charge in [0.25, 0.3) is 0 Å². The Morgan fingerprint density at radius 2 is 1.51 bits per heavy atom. The van der Waals surface area contributed by atoms with E-state index in [1.165, 1.54) is 24.3 Å². The number of hydrogen-bond donors (Lipinski definition) is 1. The van der Waals surface area contributed by atoms with Gasteiger partial charge in [-0.1, -0.05) is 18.2 Å². The lowest BCUT2D eigenvalue weighted by atomic mass is 10.1. The highest BCUT2D eigenvalue weighted by atomic mass is 19.4. The summed E-state index contributed by atoms with van der Waals surface area (Å²) in [6, 6.07) is 21.5. The van der Waals surface area contributed by atoms with Gasteiger partial charge in [-0.25, -0.2) is 19.6 Å². The van der Waals surface area contributed by atoms with Crippen LogP contribution in [-0.2, 0) is 9.53 Å². The average molecular weight is 479 g/mol. The van der Waals surface area contributed by atoms with Gasteiger partial charge in [-0.2, -0.15) is 13.2 Å². The van der Waals surface area contributed by atoms with Crippen LogP contribution in [0, 0.1) is 0 Å². The van der Waals surface area contributed by atoms with Gasteiger partial charge in [-0.3, -0.25) is 0 Å². The third-order valence-corrected chi connectivity index (χ3v) is 4.63. The number of benzene rings is 2. The Morgan fingerprint density at radius 1 is 0.800 bits per heavy atom. The fraction of sp³-hybridized carbons (Fsp3) is 0.0400. The highest BCUT2D eigenvalue weighted by molar-refractivity contribution is 5.98. The topological polar surface area (TPSA) is 90.4 Å². The van der Waals surface area contributed by atoms with E-state index in [0.29, 0.717) is 22.7 Å². The second-order valence-corrected chi connectivity index (χ2v) is 7.07. The summed E-state index contributed by atoms with van der Waals surface area (Å²) in [7, 11) is 0. The first-order valence-electron chi connectivity index (χ1n) is 10.1. The zero-order chi connectivity index (χ0) is 24.8. The normalized spacial score (nSPS) is 10.9. The molecular formula is C25H16F3N3O4. The number of ether oxygens (including phenoxy) is 2. The number of carbonyl (C=O) groups excluding carboxylic acids is 2. The molecule has 0 saturated heterocycles. The number of nitrogens with one attached hydrogen (secondary N) is 1. The van der Waals surface area contributed by atoms with Crippen molar-refractivity contribution in [2.24, 2.45) is 0 Å². The minimum absolute atomic E-state index is 0.214. The van der Waals surface area contributed by atoms with E-state index in [4.69, 9.17) is 4.74 Å². The van der Waals surface area contributed by atoms with E-state index in [-0.39, 0.29) is 11.4 Å². The molecule has 0 aliphatic rings. The standard InChI is InChI=1S/C25H16F3N3O4/c26-25(27,28)24(33)35-23(32)17-8-6-16(7-9-17)20-4-3-15-30-22(20)34-19-12-10-18(11-13-19)31-21-5-1-2-14-29-21/h1-15H,(H,29,31). The highest BCUT2D eigenvalue weighted by Crippen LogP contribution is 2.32. The Balaban J connectivity index is 1.47. The van der Waals surface area contributed by atoms with E-state index in [9.17, 15) is 22.8 Å². The molecule has 0 atom stereocenters. The molecule has 4 rings (SSSR count). The van der Waals surface area contributed by atoms with Crippen LogP contribution < -0.4 is 10.1 Å². The molecule has 0 aliphatic carbocycles.